The lowest BCUT2D eigenvalue weighted by molar-refractivity contribution is 0.278. The van der Waals surface area contributed by atoms with Gasteiger partial charge in [0.1, 0.15) is 0 Å². The molecule has 0 radical (unpaired) electrons. The van der Waals surface area contributed by atoms with Gasteiger partial charge in [0, 0.05) is 6.54 Å². The summed E-state index contributed by atoms with van der Waals surface area (Å²) in [5.74, 6) is 0. The van der Waals surface area contributed by atoms with E-state index in [-0.39, 0.29) is 0 Å². The highest BCUT2D eigenvalue weighted by Gasteiger charge is 2.08. The quantitative estimate of drug-likeness (QED) is 0.754. The fourth-order valence-corrected chi connectivity index (χ4v) is 3.14. The SMILES string of the molecule is CCCN(CCC)CCc1ccc(NS(C)(=O)=O)c(Cl)c1. The van der Waals surface area contributed by atoms with Crippen molar-refractivity contribution in [2.75, 3.05) is 30.6 Å². The Morgan fingerprint density at radius 3 is 2.24 bits per heavy atom. The minimum absolute atomic E-state index is 0.432. The van der Waals surface area contributed by atoms with Crippen LogP contribution in [-0.4, -0.2) is 39.2 Å². The van der Waals surface area contributed by atoms with E-state index in [2.05, 4.69) is 23.5 Å². The topological polar surface area (TPSA) is 49.4 Å². The van der Waals surface area contributed by atoms with Crippen LogP contribution in [0.25, 0.3) is 0 Å². The Morgan fingerprint density at radius 1 is 1.14 bits per heavy atom. The third kappa shape index (κ3) is 7.16. The van der Waals surface area contributed by atoms with E-state index >= 15 is 0 Å². The standard InChI is InChI=1S/C15H25ClN2O2S/c1-4-9-18(10-5-2)11-8-13-6-7-15(14(16)12-13)17-21(3,19)20/h6-7,12,17H,4-5,8-11H2,1-3H3. The van der Waals surface area contributed by atoms with Crippen LogP contribution in [0.1, 0.15) is 32.3 Å². The second kappa shape index (κ2) is 8.61. The smallest absolute Gasteiger partial charge is 0.229 e. The molecule has 0 saturated carbocycles. The molecule has 0 amide bonds. The average molecular weight is 333 g/mol. The Hall–Kier alpha value is -0.780. The maximum absolute atomic E-state index is 11.2. The third-order valence-corrected chi connectivity index (χ3v) is 4.03. The first-order chi connectivity index (χ1) is 9.85. The molecule has 1 rings (SSSR count). The Kier molecular flexibility index (Phi) is 7.49. The first-order valence-corrected chi connectivity index (χ1v) is 9.61. The van der Waals surface area contributed by atoms with Gasteiger partial charge in [-0.2, -0.15) is 0 Å². The van der Waals surface area contributed by atoms with Gasteiger partial charge in [-0.3, -0.25) is 4.72 Å². The summed E-state index contributed by atoms with van der Waals surface area (Å²) in [5, 5.41) is 0.440. The summed E-state index contributed by atoms with van der Waals surface area (Å²) in [6.45, 7) is 7.58. The van der Waals surface area contributed by atoms with Gasteiger partial charge >= 0.3 is 0 Å². The average Bonchev–Trinajstić information content (AvgIpc) is 2.38. The van der Waals surface area contributed by atoms with Gasteiger partial charge in [-0.1, -0.05) is 31.5 Å². The van der Waals surface area contributed by atoms with Crippen molar-refractivity contribution in [1.29, 1.82) is 0 Å². The molecule has 0 aliphatic carbocycles. The molecule has 0 atom stereocenters. The van der Waals surface area contributed by atoms with Crippen molar-refractivity contribution >= 4 is 27.3 Å². The largest absolute Gasteiger partial charge is 0.303 e. The molecule has 0 aliphatic rings. The zero-order valence-electron chi connectivity index (χ0n) is 13.0. The molecule has 1 aromatic rings. The van der Waals surface area contributed by atoms with Crippen molar-refractivity contribution in [2.24, 2.45) is 0 Å². The first kappa shape index (κ1) is 18.3. The summed E-state index contributed by atoms with van der Waals surface area (Å²) in [6, 6.07) is 5.49. The lowest BCUT2D eigenvalue weighted by Crippen LogP contribution is -2.27. The number of rotatable bonds is 9. The number of anilines is 1. The van der Waals surface area contributed by atoms with Crippen LogP contribution in [0.3, 0.4) is 0 Å². The summed E-state index contributed by atoms with van der Waals surface area (Å²) in [4.78, 5) is 2.44. The molecule has 1 aromatic carbocycles. The highest BCUT2D eigenvalue weighted by molar-refractivity contribution is 7.92. The van der Waals surface area contributed by atoms with Crippen molar-refractivity contribution in [3.63, 3.8) is 0 Å². The third-order valence-electron chi connectivity index (χ3n) is 3.13. The maximum Gasteiger partial charge on any atom is 0.229 e. The number of nitrogens with zero attached hydrogens (tertiary/aromatic N) is 1. The molecule has 0 aromatic heterocycles. The highest BCUT2D eigenvalue weighted by atomic mass is 35.5. The van der Waals surface area contributed by atoms with E-state index in [0.717, 1.165) is 50.7 Å². The minimum atomic E-state index is -3.30. The summed E-state index contributed by atoms with van der Waals surface area (Å²) in [5.41, 5.74) is 1.55. The zero-order chi connectivity index (χ0) is 15.9. The molecule has 4 nitrogen and oxygen atoms in total. The lowest BCUT2D eigenvalue weighted by Gasteiger charge is -2.21. The molecule has 0 fully saturated rings. The number of nitrogens with one attached hydrogen (secondary N) is 1. The zero-order valence-corrected chi connectivity index (χ0v) is 14.6. The van der Waals surface area contributed by atoms with Crippen LogP contribution in [0.5, 0.6) is 0 Å². The Morgan fingerprint density at radius 2 is 1.76 bits per heavy atom. The molecule has 1 N–H and O–H groups in total. The van der Waals surface area contributed by atoms with Crippen molar-refractivity contribution in [1.82, 2.24) is 4.90 Å². The van der Waals surface area contributed by atoms with Gasteiger partial charge < -0.3 is 4.90 Å². The molecular weight excluding hydrogens is 308 g/mol. The van der Waals surface area contributed by atoms with Crippen LogP contribution < -0.4 is 4.72 Å². The lowest BCUT2D eigenvalue weighted by atomic mass is 10.1. The van der Waals surface area contributed by atoms with E-state index in [1.165, 1.54) is 0 Å². The number of hydrogen-bond donors (Lipinski definition) is 1. The van der Waals surface area contributed by atoms with E-state index < -0.39 is 10.0 Å². The fraction of sp³-hybridized carbons (Fsp3) is 0.600. The van der Waals surface area contributed by atoms with Gasteiger partial charge in [0.15, 0.2) is 0 Å². The monoisotopic (exact) mass is 332 g/mol. The van der Waals surface area contributed by atoms with Crippen LogP contribution in [-0.2, 0) is 16.4 Å². The molecular formula is C15H25ClN2O2S. The second-order valence-electron chi connectivity index (χ2n) is 5.28. The van der Waals surface area contributed by atoms with Gasteiger partial charge in [-0.05, 0) is 50.0 Å². The molecule has 0 saturated heterocycles. The van der Waals surface area contributed by atoms with Crippen molar-refractivity contribution in [2.45, 2.75) is 33.1 Å². The van der Waals surface area contributed by atoms with Crippen molar-refractivity contribution in [3.05, 3.63) is 28.8 Å². The van der Waals surface area contributed by atoms with Crippen molar-refractivity contribution < 1.29 is 8.42 Å². The normalized spacial score (nSPS) is 11.9. The van der Waals surface area contributed by atoms with E-state index in [4.69, 9.17) is 11.6 Å². The second-order valence-corrected chi connectivity index (χ2v) is 7.44. The van der Waals surface area contributed by atoms with Crippen LogP contribution in [0.2, 0.25) is 5.02 Å². The van der Waals surface area contributed by atoms with E-state index in [0.29, 0.717) is 10.7 Å². The Labute approximate surface area is 133 Å². The molecule has 0 aliphatic heterocycles. The molecule has 0 heterocycles. The van der Waals surface area contributed by atoms with Gasteiger partial charge in [-0.15, -0.1) is 0 Å². The van der Waals surface area contributed by atoms with E-state index in [1.54, 1.807) is 6.07 Å². The molecule has 0 bridgehead atoms. The molecule has 6 heteroatoms. The molecule has 0 spiro atoms. The van der Waals surface area contributed by atoms with Gasteiger partial charge in [0.2, 0.25) is 10.0 Å². The van der Waals surface area contributed by atoms with Gasteiger partial charge in [-0.25, -0.2) is 8.42 Å². The van der Waals surface area contributed by atoms with Crippen LogP contribution in [0.15, 0.2) is 18.2 Å². The van der Waals surface area contributed by atoms with Crippen LogP contribution in [0, 0.1) is 0 Å². The summed E-state index contributed by atoms with van der Waals surface area (Å²) in [7, 11) is -3.30. The maximum atomic E-state index is 11.2. The molecule has 0 unspecified atom stereocenters. The summed E-state index contributed by atoms with van der Waals surface area (Å²) < 4.78 is 24.9. The fourth-order valence-electron chi connectivity index (χ4n) is 2.25. The number of benzene rings is 1. The minimum Gasteiger partial charge on any atom is -0.303 e. The van der Waals surface area contributed by atoms with Crippen LogP contribution in [0.4, 0.5) is 5.69 Å². The van der Waals surface area contributed by atoms with E-state index in [9.17, 15) is 8.42 Å². The Bertz CT molecular complexity index is 541. The van der Waals surface area contributed by atoms with Crippen molar-refractivity contribution in [3.8, 4) is 0 Å². The van der Waals surface area contributed by atoms with Crippen LogP contribution >= 0.6 is 11.6 Å². The van der Waals surface area contributed by atoms with E-state index in [1.807, 2.05) is 12.1 Å². The highest BCUT2D eigenvalue weighted by Crippen LogP contribution is 2.24. The Balaban J connectivity index is 2.66. The molecule has 21 heavy (non-hydrogen) atoms. The summed E-state index contributed by atoms with van der Waals surface area (Å²) in [6.07, 6.45) is 4.33. The van der Waals surface area contributed by atoms with Gasteiger partial charge in [0.25, 0.3) is 0 Å². The number of halogens is 1. The predicted octanol–water partition coefficient (Wildman–Crippen LogP) is 3.38. The predicted molar refractivity (Wildman–Crippen MR) is 90.6 cm³/mol. The molecule has 120 valence electrons. The number of sulfonamides is 1. The summed E-state index contributed by atoms with van der Waals surface area (Å²) >= 11 is 6.13. The van der Waals surface area contributed by atoms with Gasteiger partial charge in [0.05, 0.1) is 17.0 Å². The number of hydrogen-bond acceptors (Lipinski definition) is 3. The first-order valence-electron chi connectivity index (χ1n) is 7.34.